The Labute approximate surface area is 773 Å². The molecule has 0 spiro atoms. The van der Waals surface area contributed by atoms with Gasteiger partial charge in [0.25, 0.3) is 0 Å². The van der Waals surface area contributed by atoms with E-state index in [1.807, 2.05) is 0 Å². The van der Waals surface area contributed by atoms with Gasteiger partial charge < -0.3 is 119 Å². The maximum atomic E-state index is 8.26. The van der Waals surface area contributed by atoms with Crippen LogP contribution >= 0.6 is 48.9 Å². The van der Waals surface area contributed by atoms with E-state index in [1.54, 1.807) is 0 Å². The van der Waals surface area contributed by atoms with Gasteiger partial charge in [-0.15, -0.1) is 0 Å². The number of thiocarbonyl (C=S) groups is 4. The Balaban J connectivity index is -0.000000460. The molecular formula is C100H200MoN4OS8. The van der Waals surface area contributed by atoms with Crippen LogP contribution in [0, 0.1) is 0 Å². The van der Waals surface area contributed by atoms with Gasteiger partial charge in [0, 0.05) is 52.4 Å². The SMILES string of the molecule is CCCCCCCCCCCCN(CCCCCCCCCCCC)C(=S)[S-].CCCCCCCCCCCCN(CCCCCCCCCCCC)C(=S)[S-].CCCCCCCCCCCCN(CCCCCCCCCCCC)C(=S)[S-].CCCCCCCCCCCCN(CCCCCCCCCCCC)C(=S)[S-].[O]=[Mo+4]. The molecule has 0 bridgehead atoms. The van der Waals surface area contributed by atoms with Gasteiger partial charge in [-0.2, -0.15) is 0 Å². The number of unbranched alkanes of at least 4 members (excludes halogenated alkanes) is 72. The van der Waals surface area contributed by atoms with Crippen molar-refractivity contribution in [3.8, 4) is 0 Å². The fraction of sp³-hybridized carbons (Fsp3) is 0.960. The van der Waals surface area contributed by atoms with Crippen LogP contribution in [0.1, 0.15) is 569 Å². The monoisotopic (exact) mass is 1830 g/mol. The first-order valence-electron chi connectivity index (χ1n) is 50.9. The Morgan fingerprint density at radius 1 is 0.149 bits per heavy atom. The standard InChI is InChI=1S/4C25H51NS2.Mo.O/c4*1-3-5-7-9-11-13-15-17-19-21-23-26(25(27)28)24-22-20-18-16-14-12-10-8-6-4-2;;/h4*3-24H2,1-2H3,(H,27,28);;/q;;;;+4;/p-4. The number of nitrogens with zero attached hydrogens (tertiary/aromatic N) is 4. The van der Waals surface area contributed by atoms with Crippen LogP contribution in [-0.2, 0) is 73.7 Å². The summed E-state index contributed by atoms with van der Waals surface area (Å²) in [5.74, 6) is 0. The van der Waals surface area contributed by atoms with Gasteiger partial charge in [-0.1, -0.05) is 535 Å². The van der Waals surface area contributed by atoms with Crippen molar-refractivity contribution >= 4 is 117 Å². The van der Waals surface area contributed by atoms with Gasteiger partial charge in [0.15, 0.2) is 0 Å². The van der Waals surface area contributed by atoms with E-state index < -0.39 is 0 Å². The summed E-state index contributed by atoms with van der Waals surface area (Å²) in [7, 11) is 0. The van der Waals surface area contributed by atoms with Crippen LogP contribution in [-0.4, -0.2) is 89.2 Å². The summed E-state index contributed by atoms with van der Waals surface area (Å²) in [6, 6.07) is 0. The molecule has 0 aromatic carbocycles. The van der Waals surface area contributed by atoms with Crippen LogP contribution in [0.25, 0.3) is 0 Å². The molecule has 0 saturated carbocycles. The molecule has 0 aromatic rings. The third-order valence-corrected chi connectivity index (χ3v) is 25.4. The Kier molecular flexibility index (Phi) is 123. The van der Waals surface area contributed by atoms with Crippen molar-refractivity contribution in [2.75, 3.05) is 52.4 Å². The topological polar surface area (TPSA) is 30.0 Å². The number of rotatable bonds is 88. The van der Waals surface area contributed by atoms with E-state index in [1.165, 1.54) is 514 Å². The van der Waals surface area contributed by atoms with Gasteiger partial charge in [0.05, 0.1) is 0 Å². The molecule has 0 heterocycles. The zero-order valence-electron chi connectivity index (χ0n) is 78.1. The van der Waals surface area contributed by atoms with Gasteiger partial charge in [-0.05, 0) is 51.4 Å². The van der Waals surface area contributed by atoms with E-state index in [4.69, 9.17) is 103 Å². The molecule has 0 saturated heterocycles. The Morgan fingerprint density at radius 3 is 0.272 bits per heavy atom. The number of hydrogen-bond acceptors (Lipinski definition) is 9. The second-order valence-electron chi connectivity index (χ2n) is 34.5. The van der Waals surface area contributed by atoms with Gasteiger partial charge in [0.2, 0.25) is 0 Å². The Morgan fingerprint density at radius 2 is 0.211 bits per heavy atom. The first kappa shape index (κ1) is 123. The molecule has 0 atom stereocenters. The normalized spacial score (nSPS) is 10.9. The van der Waals surface area contributed by atoms with Crippen molar-refractivity contribution < 1.29 is 23.2 Å². The molecule has 0 amide bonds. The molecule has 0 aliphatic heterocycles. The summed E-state index contributed by atoms with van der Waals surface area (Å²) in [6.07, 6.45) is 111. The zero-order valence-corrected chi connectivity index (χ0v) is 86.6. The summed E-state index contributed by atoms with van der Waals surface area (Å²) >= 11 is 43.1. The predicted octanol–water partition coefficient (Wildman–Crippen LogP) is 35.7. The summed E-state index contributed by atoms with van der Waals surface area (Å²) in [5.41, 5.74) is 0. The quantitative estimate of drug-likeness (QED) is 0.0251. The molecule has 14 heteroatoms. The molecule has 114 heavy (non-hydrogen) atoms. The van der Waals surface area contributed by atoms with Crippen molar-refractivity contribution in [1.82, 2.24) is 19.6 Å². The summed E-state index contributed by atoms with van der Waals surface area (Å²) in [6.45, 7) is 26.9. The van der Waals surface area contributed by atoms with E-state index in [-0.39, 0.29) is 0 Å². The second kappa shape index (κ2) is 114. The molecule has 0 rings (SSSR count). The fourth-order valence-corrected chi connectivity index (χ4v) is 17.0. The molecule has 0 aliphatic carbocycles. The molecule has 0 N–H and O–H groups in total. The minimum atomic E-state index is 0.687. The van der Waals surface area contributed by atoms with Gasteiger partial charge in [-0.3, -0.25) is 0 Å². The Hall–Kier alpha value is 0.928. The van der Waals surface area contributed by atoms with Crippen molar-refractivity contribution in [2.24, 2.45) is 0 Å². The Bertz CT molecular complexity index is 1460. The molecule has 0 radical (unpaired) electrons. The second-order valence-corrected chi connectivity index (χ2v) is 38.6. The van der Waals surface area contributed by atoms with E-state index in [2.05, 4.69) is 75.0 Å². The van der Waals surface area contributed by atoms with Gasteiger partial charge in [-0.25, -0.2) is 0 Å². The summed E-state index contributed by atoms with van der Waals surface area (Å²) < 4.78 is 11.0. The van der Waals surface area contributed by atoms with E-state index in [0.717, 1.165) is 52.4 Å². The third-order valence-electron chi connectivity index (χ3n) is 23.3. The van der Waals surface area contributed by atoms with Crippen molar-refractivity contribution in [3.63, 3.8) is 0 Å². The molecule has 0 aromatic heterocycles. The average Bonchev–Trinajstić information content (AvgIpc) is 0.992. The maximum absolute atomic E-state index is 8.26. The molecule has 0 aliphatic rings. The minimum absolute atomic E-state index is 0.687. The number of hydrogen-bond donors (Lipinski definition) is 0. The van der Waals surface area contributed by atoms with Crippen LogP contribution in [0.4, 0.5) is 0 Å². The van der Waals surface area contributed by atoms with Gasteiger partial charge in [0.1, 0.15) is 0 Å². The molecule has 680 valence electrons. The fourth-order valence-electron chi connectivity index (χ4n) is 15.5. The third kappa shape index (κ3) is 111. The van der Waals surface area contributed by atoms with Crippen molar-refractivity contribution in [3.05, 3.63) is 0 Å². The zero-order chi connectivity index (χ0) is 84.8. The molecule has 0 fully saturated rings. The summed E-state index contributed by atoms with van der Waals surface area (Å²) in [5, 5.41) is 0. The predicted molar refractivity (Wildman–Crippen MR) is 542 cm³/mol. The van der Waals surface area contributed by atoms with Crippen LogP contribution in [0.2, 0.25) is 0 Å². The molecule has 0 unspecified atom stereocenters. The van der Waals surface area contributed by atoms with Gasteiger partial charge >= 0.3 is 23.2 Å². The van der Waals surface area contributed by atoms with Crippen molar-refractivity contribution in [1.29, 1.82) is 0 Å². The van der Waals surface area contributed by atoms with Crippen LogP contribution < -0.4 is 0 Å². The average molecular weight is 1830 g/mol. The van der Waals surface area contributed by atoms with Crippen LogP contribution in [0.15, 0.2) is 0 Å². The molecular weight excluding hydrogens is 1630 g/mol. The first-order chi connectivity index (χ1) is 55.9. The van der Waals surface area contributed by atoms with Crippen LogP contribution in [0.3, 0.4) is 0 Å². The van der Waals surface area contributed by atoms with E-state index >= 15 is 0 Å². The van der Waals surface area contributed by atoms with E-state index in [9.17, 15) is 0 Å². The van der Waals surface area contributed by atoms with Crippen molar-refractivity contribution in [2.45, 2.75) is 569 Å². The van der Waals surface area contributed by atoms with E-state index in [0.29, 0.717) is 37.1 Å². The van der Waals surface area contributed by atoms with Crippen LogP contribution in [0.5, 0.6) is 0 Å². The summed E-state index contributed by atoms with van der Waals surface area (Å²) in [4.78, 5) is 9.11. The molecule has 5 nitrogen and oxygen atoms in total. The first-order valence-corrected chi connectivity index (χ1v) is 55.0.